The molecule has 4 heteroatoms. The lowest BCUT2D eigenvalue weighted by Gasteiger charge is -2.35. The zero-order chi connectivity index (χ0) is 12.1. The molecule has 0 radical (unpaired) electrons. The van der Waals surface area contributed by atoms with Crippen LogP contribution in [0.2, 0.25) is 0 Å². The number of piperidine rings is 1. The fourth-order valence-electron chi connectivity index (χ4n) is 2.05. The number of likely N-dealkylation sites (tertiary alicyclic amines) is 1. The fraction of sp³-hybridized carbons (Fsp3) is 0.917. The summed E-state index contributed by atoms with van der Waals surface area (Å²) < 4.78 is 0. The van der Waals surface area contributed by atoms with Gasteiger partial charge in [0.1, 0.15) is 0 Å². The summed E-state index contributed by atoms with van der Waals surface area (Å²) in [6.45, 7) is 5.91. The molecular formula is C12H24N2O2. The van der Waals surface area contributed by atoms with Crippen LogP contribution in [0.3, 0.4) is 0 Å². The Morgan fingerprint density at radius 2 is 2.31 bits per heavy atom. The standard InChI is InChI=1S/C12H24N2O2/c1-3-10(7-13)6-12(16)14-5-4-9(2)11(15)8-14/h9-11,15H,3-8,13H2,1-2H3. The van der Waals surface area contributed by atoms with Crippen LogP contribution in [-0.4, -0.2) is 41.7 Å². The molecule has 1 aliphatic heterocycles. The van der Waals surface area contributed by atoms with Gasteiger partial charge >= 0.3 is 0 Å². The van der Waals surface area contributed by atoms with Crippen molar-refractivity contribution in [3.05, 3.63) is 0 Å². The third-order valence-corrected chi connectivity index (χ3v) is 3.65. The van der Waals surface area contributed by atoms with E-state index in [4.69, 9.17) is 5.73 Å². The molecule has 0 spiro atoms. The first kappa shape index (κ1) is 13.5. The minimum absolute atomic E-state index is 0.142. The SMILES string of the molecule is CCC(CN)CC(=O)N1CCC(C)C(O)C1. The van der Waals surface area contributed by atoms with Crippen molar-refractivity contribution in [2.45, 2.75) is 39.2 Å². The molecule has 0 aromatic rings. The van der Waals surface area contributed by atoms with Gasteiger partial charge in [-0.2, -0.15) is 0 Å². The average Bonchev–Trinajstić information content (AvgIpc) is 2.29. The van der Waals surface area contributed by atoms with Crippen molar-refractivity contribution in [3.8, 4) is 0 Å². The zero-order valence-corrected chi connectivity index (χ0v) is 10.4. The van der Waals surface area contributed by atoms with Crippen LogP contribution in [0.15, 0.2) is 0 Å². The van der Waals surface area contributed by atoms with E-state index in [-0.39, 0.29) is 17.9 Å². The molecule has 1 rings (SSSR count). The Morgan fingerprint density at radius 1 is 1.62 bits per heavy atom. The van der Waals surface area contributed by atoms with E-state index >= 15 is 0 Å². The maximum absolute atomic E-state index is 11.9. The number of aliphatic hydroxyl groups is 1. The van der Waals surface area contributed by atoms with Gasteiger partial charge in [0, 0.05) is 19.5 Å². The summed E-state index contributed by atoms with van der Waals surface area (Å²) in [5.41, 5.74) is 5.59. The number of nitrogens with two attached hydrogens (primary N) is 1. The molecule has 0 aromatic heterocycles. The molecule has 3 unspecified atom stereocenters. The Hall–Kier alpha value is -0.610. The van der Waals surface area contributed by atoms with Crippen molar-refractivity contribution in [3.63, 3.8) is 0 Å². The van der Waals surface area contributed by atoms with Crippen molar-refractivity contribution >= 4 is 5.91 Å². The number of hydrogen-bond donors (Lipinski definition) is 2. The van der Waals surface area contributed by atoms with Crippen molar-refractivity contribution in [1.29, 1.82) is 0 Å². The Morgan fingerprint density at radius 3 is 2.81 bits per heavy atom. The van der Waals surface area contributed by atoms with E-state index in [9.17, 15) is 9.90 Å². The molecule has 16 heavy (non-hydrogen) atoms. The third-order valence-electron chi connectivity index (χ3n) is 3.65. The number of hydrogen-bond acceptors (Lipinski definition) is 3. The van der Waals surface area contributed by atoms with Gasteiger partial charge in [0.05, 0.1) is 6.10 Å². The molecule has 0 saturated carbocycles. The Kier molecular flexibility index (Phi) is 5.22. The van der Waals surface area contributed by atoms with Crippen LogP contribution < -0.4 is 5.73 Å². The second-order valence-corrected chi connectivity index (χ2v) is 4.89. The monoisotopic (exact) mass is 228 g/mol. The van der Waals surface area contributed by atoms with E-state index in [2.05, 4.69) is 6.92 Å². The van der Waals surface area contributed by atoms with E-state index in [1.54, 1.807) is 4.90 Å². The number of β-amino-alcohol motifs (C(OH)–C–C–N with tert-alkyl or cyclic N) is 1. The lowest BCUT2D eigenvalue weighted by Crippen LogP contribution is -2.46. The van der Waals surface area contributed by atoms with Gasteiger partial charge in [-0.3, -0.25) is 4.79 Å². The lowest BCUT2D eigenvalue weighted by molar-refractivity contribution is -0.136. The van der Waals surface area contributed by atoms with Gasteiger partial charge < -0.3 is 15.7 Å². The molecule has 3 N–H and O–H groups in total. The Labute approximate surface area is 97.8 Å². The van der Waals surface area contributed by atoms with Gasteiger partial charge in [-0.25, -0.2) is 0 Å². The Bertz CT molecular complexity index is 229. The van der Waals surface area contributed by atoms with Crippen molar-refractivity contribution in [2.75, 3.05) is 19.6 Å². The number of aliphatic hydroxyl groups excluding tert-OH is 1. The molecule has 3 atom stereocenters. The molecule has 1 amide bonds. The molecular weight excluding hydrogens is 204 g/mol. The van der Waals surface area contributed by atoms with Gasteiger partial charge in [0.25, 0.3) is 0 Å². The first-order valence-electron chi connectivity index (χ1n) is 6.24. The van der Waals surface area contributed by atoms with E-state index < -0.39 is 0 Å². The molecule has 94 valence electrons. The number of rotatable bonds is 4. The van der Waals surface area contributed by atoms with Crippen LogP contribution in [0.1, 0.15) is 33.1 Å². The smallest absolute Gasteiger partial charge is 0.222 e. The van der Waals surface area contributed by atoms with Crippen LogP contribution in [0, 0.1) is 11.8 Å². The highest BCUT2D eigenvalue weighted by Gasteiger charge is 2.27. The third kappa shape index (κ3) is 3.46. The molecule has 0 aliphatic carbocycles. The van der Waals surface area contributed by atoms with Crippen LogP contribution >= 0.6 is 0 Å². The van der Waals surface area contributed by atoms with E-state index in [1.807, 2.05) is 6.92 Å². The van der Waals surface area contributed by atoms with E-state index in [0.29, 0.717) is 25.4 Å². The van der Waals surface area contributed by atoms with Gasteiger partial charge in [-0.05, 0) is 24.8 Å². The fourth-order valence-corrected chi connectivity index (χ4v) is 2.05. The minimum atomic E-state index is -0.365. The molecule has 1 aliphatic rings. The molecule has 1 fully saturated rings. The normalized spacial score (nSPS) is 27.9. The molecule has 1 heterocycles. The topological polar surface area (TPSA) is 66.6 Å². The summed E-state index contributed by atoms with van der Waals surface area (Å²) in [5, 5.41) is 9.73. The van der Waals surface area contributed by atoms with Gasteiger partial charge in [0.2, 0.25) is 5.91 Å². The Balaban J connectivity index is 2.42. The first-order chi connectivity index (χ1) is 7.58. The summed E-state index contributed by atoms with van der Waals surface area (Å²) >= 11 is 0. The number of carbonyl (C=O) groups is 1. The maximum atomic E-state index is 11.9. The van der Waals surface area contributed by atoms with Crippen molar-refractivity contribution in [1.82, 2.24) is 4.90 Å². The number of nitrogens with zero attached hydrogens (tertiary/aromatic N) is 1. The first-order valence-corrected chi connectivity index (χ1v) is 6.24. The summed E-state index contributed by atoms with van der Waals surface area (Å²) in [6.07, 6.45) is 1.99. The van der Waals surface area contributed by atoms with Gasteiger partial charge in [-0.1, -0.05) is 20.3 Å². The second-order valence-electron chi connectivity index (χ2n) is 4.89. The summed E-state index contributed by atoms with van der Waals surface area (Å²) in [6, 6.07) is 0. The highest BCUT2D eigenvalue weighted by molar-refractivity contribution is 5.76. The van der Waals surface area contributed by atoms with E-state index in [0.717, 1.165) is 19.4 Å². The second kappa shape index (κ2) is 6.21. The van der Waals surface area contributed by atoms with Crippen molar-refractivity contribution in [2.24, 2.45) is 17.6 Å². The van der Waals surface area contributed by atoms with Gasteiger partial charge in [0.15, 0.2) is 0 Å². The molecule has 0 aromatic carbocycles. The largest absolute Gasteiger partial charge is 0.391 e. The summed E-state index contributed by atoms with van der Waals surface area (Å²) in [5.74, 6) is 0.729. The highest BCUT2D eigenvalue weighted by Crippen LogP contribution is 2.19. The highest BCUT2D eigenvalue weighted by atomic mass is 16.3. The maximum Gasteiger partial charge on any atom is 0.222 e. The minimum Gasteiger partial charge on any atom is -0.391 e. The average molecular weight is 228 g/mol. The molecule has 0 bridgehead atoms. The predicted molar refractivity (Wildman–Crippen MR) is 63.8 cm³/mol. The quantitative estimate of drug-likeness (QED) is 0.740. The summed E-state index contributed by atoms with van der Waals surface area (Å²) in [4.78, 5) is 13.7. The van der Waals surface area contributed by atoms with Crippen LogP contribution in [0.4, 0.5) is 0 Å². The lowest BCUT2D eigenvalue weighted by atomic mass is 9.95. The zero-order valence-electron chi connectivity index (χ0n) is 10.4. The predicted octanol–water partition coefficient (Wildman–Crippen LogP) is 0.591. The van der Waals surface area contributed by atoms with Crippen LogP contribution in [0.25, 0.3) is 0 Å². The summed E-state index contributed by atoms with van der Waals surface area (Å²) in [7, 11) is 0. The van der Waals surface area contributed by atoms with E-state index in [1.165, 1.54) is 0 Å². The molecule has 4 nitrogen and oxygen atoms in total. The molecule has 1 saturated heterocycles. The number of carbonyl (C=O) groups excluding carboxylic acids is 1. The number of amides is 1. The van der Waals surface area contributed by atoms with Crippen molar-refractivity contribution < 1.29 is 9.90 Å². The van der Waals surface area contributed by atoms with Crippen LogP contribution in [0.5, 0.6) is 0 Å². The van der Waals surface area contributed by atoms with Gasteiger partial charge in [-0.15, -0.1) is 0 Å². The van der Waals surface area contributed by atoms with Crippen LogP contribution in [-0.2, 0) is 4.79 Å².